The Morgan fingerprint density at radius 2 is 1.73 bits per heavy atom. The first kappa shape index (κ1) is 30.3. The van der Waals surface area contributed by atoms with E-state index in [2.05, 4.69) is 55.3 Å². The zero-order valence-electron chi connectivity index (χ0n) is 25.1. The summed E-state index contributed by atoms with van der Waals surface area (Å²) in [5.74, 6) is 1.46. The second kappa shape index (κ2) is 14.3. The van der Waals surface area contributed by atoms with Crippen LogP contribution in [-0.4, -0.2) is 59.9 Å². The second-order valence-electron chi connectivity index (χ2n) is 12.7. The van der Waals surface area contributed by atoms with Crippen LogP contribution in [0.2, 0.25) is 0 Å². The van der Waals surface area contributed by atoms with Crippen molar-refractivity contribution in [2.45, 2.75) is 84.8 Å². The molecule has 0 bridgehead atoms. The number of likely N-dealkylation sites (tertiary alicyclic amines) is 1. The smallest absolute Gasteiger partial charge is 0.254 e. The van der Waals surface area contributed by atoms with Crippen LogP contribution in [0.25, 0.3) is 0 Å². The first-order valence-electron chi connectivity index (χ1n) is 15.4. The van der Waals surface area contributed by atoms with E-state index in [1.54, 1.807) is 0 Å². The van der Waals surface area contributed by atoms with Crippen LogP contribution in [0.5, 0.6) is 0 Å². The number of hydrogen-bond donors (Lipinski definition) is 2. The maximum absolute atomic E-state index is 13.8. The van der Waals surface area contributed by atoms with Crippen molar-refractivity contribution in [3.05, 3.63) is 70.8 Å². The molecule has 3 N–H and O–H groups in total. The number of amides is 2. The van der Waals surface area contributed by atoms with Crippen molar-refractivity contribution < 1.29 is 9.59 Å². The zero-order chi connectivity index (χ0) is 28.6. The monoisotopic (exact) mass is 546 g/mol. The van der Waals surface area contributed by atoms with Crippen LogP contribution in [0.15, 0.2) is 48.5 Å². The number of benzene rings is 2. The summed E-state index contributed by atoms with van der Waals surface area (Å²) in [7, 11) is 0. The molecule has 2 fully saturated rings. The standard InChI is InChI=1S/C34H50N4O2/c1-24(2)22-37(23-30-11-6-5-8-26(30)4)31-16-17-38(34(40)29-14-12-25(3)13-15-29)32(19-31)33(39)36-21-28-10-7-9-27(18-28)20-35/h5-6,8,11-15,24,27-28,31-32H,7,9-10,16-23,35H2,1-4H3,(H,36,39)/t27?,28?,31?,32-/m1/s1. The van der Waals surface area contributed by atoms with E-state index in [4.69, 9.17) is 5.73 Å². The molecule has 40 heavy (non-hydrogen) atoms. The number of nitrogens with one attached hydrogen (secondary N) is 1. The van der Waals surface area contributed by atoms with Gasteiger partial charge in [-0.15, -0.1) is 0 Å². The van der Waals surface area contributed by atoms with E-state index >= 15 is 0 Å². The number of rotatable bonds is 10. The number of hydrogen-bond acceptors (Lipinski definition) is 4. The van der Waals surface area contributed by atoms with Crippen LogP contribution >= 0.6 is 0 Å². The Hall–Kier alpha value is -2.70. The SMILES string of the molecule is Cc1ccc(C(=O)N2CCC(N(Cc3ccccc3C)CC(C)C)C[C@@H]2C(=O)NCC2CCCC(CN)C2)cc1. The van der Waals surface area contributed by atoms with E-state index in [9.17, 15) is 9.59 Å². The largest absolute Gasteiger partial charge is 0.354 e. The first-order chi connectivity index (χ1) is 19.2. The maximum Gasteiger partial charge on any atom is 0.254 e. The van der Waals surface area contributed by atoms with Gasteiger partial charge < -0.3 is 16.0 Å². The van der Waals surface area contributed by atoms with Gasteiger partial charge >= 0.3 is 0 Å². The average molecular weight is 547 g/mol. The second-order valence-corrected chi connectivity index (χ2v) is 12.7. The van der Waals surface area contributed by atoms with Gasteiger partial charge in [0, 0.05) is 37.8 Å². The van der Waals surface area contributed by atoms with Crippen molar-refractivity contribution in [1.29, 1.82) is 0 Å². The molecule has 0 spiro atoms. The highest BCUT2D eigenvalue weighted by molar-refractivity contribution is 5.97. The van der Waals surface area contributed by atoms with E-state index in [1.807, 2.05) is 36.1 Å². The number of piperidine rings is 1. The molecule has 1 saturated heterocycles. The molecular weight excluding hydrogens is 496 g/mol. The summed E-state index contributed by atoms with van der Waals surface area (Å²) in [6, 6.07) is 16.0. The normalized spacial score (nSPS) is 23.4. The Morgan fingerprint density at radius 3 is 2.42 bits per heavy atom. The number of carbonyl (C=O) groups is 2. The molecule has 2 amide bonds. The van der Waals surface area contributed by atoms with Crippen LogP contribution < -0.4 is 11.1 Å². The summed E-state index contributed by atoms with van der Waals surface area (Å²) < 4.78 is 0. The number of nitrogens with zero attached hydrogens (tertiary/aromatic N) is 2. The molecule has 2 aromatic carbocycles. The Kier molecular flexibility index (Phi) is 10.8. The van der Waals surface area contributed by atoms with Gasteiger partial charge in [-0.3, -0.25) is 14.5 Å². The lowest BCUT2D eigenvalue weighted by Crippen LogP contribution is -2.58. The fourth-order valence-electron chi connectivity index (χ4n) is 6.61. The molecule has 1 saturated carbocycles. The minimum absolute atomic E-state index is 0.0135. The molecule has 4 rings (SSSR count). The molecular formula is C34H50N4O2. The quantitative estimate of drug-likeness (QED) is 0.423. The van der Waals surface area contributed by atoms with E-state index in [0.29, 0.717) is 42.8 Å². The lowest BCUT2D eigenvalue weighted by molar-refractivity contribution is -0.128. The highest BCUT2D eigenvalue weighted by atomic mass is 16.2. The molecule has 1 aliphatic carbocycles. The fourth-order valence-corrected chi connectivity index (χ4v) is 6.61. The molecule has 1 aliphatic heterocycles. The third kappa shape index (κ3) is 7.94. The topological polar surface area (TPSA) is 78.7 Å². The summed E-state index contributed by atoms with van der Waals surface area (Å²) in [6.45, 7) is 12.5. The van der Waals surface area contributed by atoms with Crippen molar-refractivity contribution >= 4 is 11.8 Å². The number of carbonyl (C=O) groups excluding carboxylic acids is 2. The van der Waals surface area contributed by atoms with Crippen molar-refractivity contribution in [2.75, 3.05) is 26.2 Å². The predicted molar refractivity (Wildman–Crippen MR) is 163 cm³/mol. The van der Waals surface area contributed by atoms with Gasteiger partial charge in [0.15, 0.2) is 0 Å². The Bertz CT molecular complexity index is 1120. The number of nitrogens with two attached hydrogens (primary N) is 1. The molecule has 218 valence electrons. The van der Waals surface area contributed by atoms with Gasteiger partial charge in [0.2, 0.25) is 5.91 Å². The van der Waals surface area contributed by atoms with Crippen LogP contribution in [-0.2, 0) is 11.3 Å². The van der Waals surface area contributed by atoms with Gasteiger partial charge in [-0.25, -0.2) is 0 Å². The van der Waals surface area contributed by atoms with Crippen LogP contribution in [0, 0.1) is 31.6 Å². The van der Waals surface area contributed by atoms with Crippen molar-refractivity contribution in [2.24, 2.45) is 23.5 Å². The molecule has 2 aromatic rings. The first-order valence-corrected chi connectivity index (χ1v) is 15.4. The molecule has 6 heteroatoms. The maximum atomic E-state index is 13.8. The highest BCUT2D eigenvalue weighted by Crippen LogP contribution is 2.29. The van der Waals surface area contributed by atoms with Crippen LogP contribution in [0.1, 0.15) is 79.4 Å². The van der Waals surface area contributed by atoms with Gasteiger partial charge in [-0.05, 0) is 93.5 Å². The van der Waals surface area contributed by atoms with Gasteiger partial charge in [0.1, 0.15) is 6.04 Å². The molecule has 4 atom stereocenters. The Balaban J connectivity index is 1.53. The summed E-state index contributed by atoms with van der Waals surface area (Å²) in [5.41, 5.74) is 10.4. The summed E-state index contributed by atoms with van der Waals surface area (Å²) in [6.07, 6.45) is 6.09. The number of aryl methyl sites for hydroxylation is 2. The summed E-state index contributed by atoms with van der Waals surface area (Å²) >= 11 is 0. The van der Waals surface area contributed by atoms with Crippen molar-refractivity contribution in [3.63, 3.8) is 0 Å². The third-order valence-electron chi connectivity index (χ3n) is 8.98. The summed E-state index contributed by atoms with van der Waals surface area (Å²) in [5, 5.41) is 3.28. The van der Waals surface area contributed by atoms with Crippen LogP contribution in [0.3, 0.4) is 0 Å². The van der Waals surface area contributed by atoms with Gasteiger partial charge in [0.25, 0.3) is 5.91 Å². The lowest BCUT2D eigenvalue weighted by atomic mass is 9.81. The predicted octanol–water partition coefficient (Wildman–Crippen LogP) is 5.32. The highest BCUT2D eigenvalue weighted by Gasteiger charge is 2.39. The van der Waals surface area contributed by atoms with Crippen molar-refractivity contribution in [3.8, 4) is 0 Å². The van der Waals surface area contributed by atoms with E-state index in [0.717, 1.165) is 44.5 Å². The Morgan fingerprint density at radius 1 is 1.00 bits per heavy atom. The van der Waals surface area contributed by atoms with E-state index < -0.39 is 6.04 Å². The molecule has 0 aromatic heterocycles. The Labute approximate surface area is 241 Å². The van der Waals surface area contributed by atoms with E-state index in [1.165, 1.54) is 24.0 Å². The molecule has 1 heterocycles. The third-order valence-corrected chi connectivity index (χ3v) is 8.98. The van der Waals surface area contributed by atoms with Crippen molar-refractivity contribution in [1.82, 2.24) is 15.1 Å². The summed E-state index contributed by atoms with van der Waals surface area (Å²) in [4.78, 5) is 32.0. The van der Waals surface area contributed by atoms with Gasteiger partial charge in [0.05, 0.1) is 0 Å². The van der Waals surface area contributed by atoms with Crippen LogP contribution in [0.4, 0.5) is 0 Å². The fraction of sp³-hybridized carbons (Fsp3) is 0.588. The average Bonchev–Trinajstić information content (AvgIpc) is 2.96. The zero-order valence-corrected chi connectivity index (χ0v) is 25.1. The minimum atomic E-state index is -0.479. The molecule has 2 aliphatic rings. The van der Waals surface area contributed by atoms with Gasteiger partial charge in [-0.1, -0.05) is 62.2 Å². The van der Waals surface area contributed by atoms with Gasteiger partial charge in [-0.2, -0.15) is 0 Å². The molecule has 3 unspecified atom stereocenters. The minimum Gasteiger partial charge on any atom is -0.354 e. The molecule has 6 nitrogen and oxygen atoms in total. The lowest BCUT2D eigenvalue weighted by Gasteiger charge is -2.43. The van der Waals surface area contributed by atoms with E-state index in [-0.39, 0.29) is 17.9 Å². The molecule has 0 radical (unpaired) electrons.